The molecule has 2 atom stereocenters. The van der Waals surface area contributed by atoms with E-state index in [1.165, 1.54) is 21.3 Å². The van der Waals surface area contributed by atoms with Crippen LogP contribution in [0.5, 0.6) is 5.75 Å². The van der Waals surface area contributed by atoms with Crippen molar-refractivity contribution >= 4 is 17.9 Å². The maximum atomic E-state index is 13.3. The molecule has 1 aliphatic rings. The second-order valence-electron chi connectivity index (χ2n) is 7.04. The van der Waals surface area contributed by atoms with E-state index in [1.807, 2.05) is 12.1 Å². The van der Waals surface area contributed by atoms with E-state index in [0.717, 1.165) is 5.56 Å². The van der Waals surface area contributed by atoms with Gasteiger partial charge in [-0.25, -0.2) is 0 Å². The highest BCUT2D eigenvalue weighted by Crippen LogP contribution is 2.55. The molecule has 0 N–H and O–H groups in total. The SMILES string of the molecule is COC(=O)[C@@H]1c2ccccc2C[C@@H](c2ccc(OC)cc2)C1(C(=O)OC)C(=O)OC. The van der Waals surface area contributed by atoms with Gasteiger partial charge in [0.2, 0.25) is 0 Å². The number of carbonyl (C=O) groups is 3. The van der Waals surface area contributed by atoms with E-state index >= 15 is 0 Å². The van der Waals surface area contributed by atoms with Crippen LogP contribution in [0.1, 0.15) is 28.5 Å². The molecule has 7 heteroatoms. The second kappa shape index (κ2) is 8.57. The Hall–Kier alpha value is -3.35. The van der Waals surface area contributed by atoms with Gasteiger partial charge < -0.3 is 18.9 Å². The van der Waals surface area contributed by atoms with Crippen molar-refractivity contribution in [3.8, 4) is 5.75 Å². The standard InChI is InChI=1S/C23H24O7/c1-27-16-11-9-14(10-12-16)18-13-15-7-5-6-8-17(15)19(20(24)28-2)23(18,21(25)29-3)22(26)30-4/h5-12,18-19H,13H2,1-4H3/t18-,19-/m0/s1. The lowest BCUT2D eigenvalue weighted by Gasteiger charge is -2.44. The van der Waals surface area contributed by atoms with Crippen molar-refractivity contribution in [2.45, 2.75) is 18.3 Å². The van der Waals surface area contributed by atoms with Gasteiger partial charge in [0.25, 0.3) is 0 Å². The molecule has 30 heavy (non-hydrogen) atoms. The second-order valence-corrected chi connectivity index (χ2v) is 7.04. The molecule has 0 fully saturated rings. The molecule has 0 bridgehead atoms. The predicted octanol–water partition coefficient (Wildman–Crippen LogP) is 2.62. The maximum absolute atomic E-state index is 13.3. The van der Waals surface area contributed by atoms with Crippen molar-refractivity contribution < 1.29 is 33.3 Å². The van der Waals surface area contributed by atoms with Gasteiger partial charge in [-0.05, 0) is 35.2 Å². The number of ether oxygens (including phenoxy) is 4. The summed E-state index contributed by atoms with van der Waals surface area (Å²) in [7, 11) is 5.15. The Morgan fingerprint density at radius 3 is 1.97 bits per heavy atom. The summed E-state index contributed by atoms with van der Waals surface area (Å²) in [5.41, 5.74) is 0.122. The van der Waals surface area contributed by atoms with Crippen LogP contribution in [0.2, 0.25) is 0 Å². The zero-order valence-corrected chi connectivity index (χ0v) is 17.3. The van der Waals surface area contributed by atoms with Crippen LogP contribution in [-0.2, 0) is 35.0 Å². The van der Waals surface area contributed by atoms with Crippen LogP contribution in [0.25, 0.3) is 0 Å². The lowest BCUT2D eigenvalue weighted by atomic mass is 9.56. The first-order chi connectivity index (χ1) is 14.4. The van der Waals surface area contributed by atoms with Gasteiger partial charge in [-0.15, -0.1) is 0 Å². The average Bonchev–Trinajstić information content (AvgIpc) is 2.81. The minimum absolute atomic E-state index is 0.334. The van der Waals surface area contributed by atoms with Gasteiger partial charge in [-0.1, -0.05) is 36.4 Å². The van der Waals surface area contributed by atoms with Gasteiger partial charge in [0.05, 0.1) is 28.4 Å². The van der Waals surface area contributed by atoms with Gasteiger partial charge in [0.15, 0.2) is 5.41 Å². The molecular weight excluding hydrogens is 388 g/mol. The van der Waals surface area contributed by atoms with Crippen molar-refractivity contribution in [1.82, 2.24) is 0 Å². The van der Waals surface area contributed by atoms with Gasteiger partial charge in [0.1, 0.15) is 11.7 Å². The molecule has 0 aliphatic heterocycles. The summed E-state index contributed by atoms with van der Waals surface area (Å²) in [5.74, 6) is -3.72. The zero-order chi connectivity index (χ0) is 21.9. The van der Waals surface area contributed by atoms with E-state index in [4.69, 9.17) is 18.9 Å². The Bertz CT molecular complexity index is 932. The maximum Gasteiger partial charge on any atom is 0.325 e. The summed E-state index contributed by atoms with van der Waals surface area (Å²) in [6, 6.07) is 14.2. The topological polar surface area (TPSA) is 88.1 Å². The van der Waals surface area contributed by atoms with E-state index in [1.54, 1.807) is 43.5 Å². The third kappa shape index (κ3) is 3.20. The molecule has 0 saturated carbocycles. The molecule has 0 aromatic heterocycles. The van der Waals surface area contributed by atoms with Crippen LogP contribution >= 0.6 is 0 Å². The molecule has 0 spiro atoms. The first kappa shape index (κ1) is 21.4. The van der Waals surface area contributed by atoms with E-state index in [-0.39, 0.29) is 0 Å². The fraction of sp³-hybridized carbons (Fsp3) is 0.348. The van der Waals surface area contributed by atoms with Crippen LogP contribution in [0.3, 0.4) is 0 Å². The van der Waals surface area contributed by atoms with Gasteiger partial charge in [0, 0.05) is 5.92 Å². The molecule has 0 saturated heterocycles. The van der Waals surface area contributed by atoms with Crippen molar-refractivity contribution in [3.05, 3.63) is 65.2 Å². The van der Waals surface area contributed by atoms with E-state index in [9.17, 15) is 14.4 Å². The van der Waals surface area contributed by atoms with Gasteiger partial charge in [-0.3, -0.25) is 14.4 Å². The van der Waals surface area contributed by atoms with Crippen molar-refractivity contribution in [2.75, 3.05) is 28.4 Å². The third-order valence-corrected chi connectivity index (χ3v) is 5.80. The van der Waals surface area contributed by atoms with E-state index < -0.39 is 35.2 Å². The molecule has 0 heterocycles. The predicted molar refractivity (Wildman–Crippen MR) is 107 cm³/mol. The number of hydrogen-bond donors (Lipinski definition) is 0. The molecule has 2 aromatic carbocycles. The average molecular weight is 412 g/mol. The van der Waals surface area contributed by atoms with Crippen molar-refractivity contribution in [1.29, 1.82) is 0 Å². The van der Waals surface area contributed by atoms with Crippen LogP contribution in [-0.4, -0.2) is 46.3 Å². The Balaban J connectivity index is 2.36. The minimum atomic E-state index is -1.94. The quantitative estimate of drug-likeness (QED) is 0.424. The van der Waals surface area contributed by atoms with E-state index in [0.29, 0.717) is 23.3 Å². The summed E-state index contributed by atoms with van der Waals surface area (Å²) >= 11 is 0. The number of methoxy groups -OCH3 is 4. The highest BCUT2D eigenvalue weighted by molar-refractivity contribution is 6.07. The number of rotatable bonds is 5. The number of fused-ring (bicyclic) bond motifs is 1. The molecule has 7 nitrogen and oxygen atoms in total. The molecule has 3 rings (SSSR count). The fourth-order valence-electron chi connectivity index (χ4n) is 4.42. The molecule has 0 unspecified atom stereocenters. The summed E-state index contributed by atoms with van der Waals surface area (Å²) in [4.78, 5) is 39.6. The van der Waals surface area contributed by atoms with Gasteiger partial charge in [-0.2, -0.15) is 0 Å². The Morgan fingerprint density at radius 1 is 0.833 bits per heavy atom. The zero-order valence-electron chi connectivity index (χ0n) is 17.3. The summed E-state index contributed by atoms with van der Waals surface area (Å²) in [6.45, 7) is 0. The van der Waals surface area contributed by atoms with Gasteiger partial charge >= 0.3 is 17.9 Å². The summed E-state index contributed by atoms with van der Waals surface area (Å²) in [5, 5.41) is 0. The van der Waals surface area contributed by atoms with Crippen LogP contribution in [0.15, 0.2) is 48.5 Å². The summed E-state index contributed by atoms with van der Waals surface area (Å²) < 4.78 is 20.4. The minimum Gasteiger partial charge on any atom is -0.497 e. The molecule has 158 valence electrons. The Kier molecular flexibility index (Phi) is 6.10. The molecule has 2 aromatic rings. The lowest BCUT2D eigenvalue weighted by molar-refractivity contribution is -0.179. The number of hydrogen-bond acceptors (Lipinski definition) is 7. The first-order valence-corrected chi connectivity index (χ1v) is 9.42. The van der Waals surface area contributed by atoms with Crippen LogP contribution < -0.4 is 4.74 Å². The Morgan fingerprint density at radius 2 is 1.43 bits per heavy atom. The van der Waals surface area contributed by atoms with Crippen molar-refractivity contribution in [2.24, 2.45) is 5.41 Å². The number of esters is 3. The number of carbonyl (C=O) groups excluding carboxylic acids is 3. The monoisotopic (exact) mass is 412 g/mol. The Labute approximate surface area is 174 Å². The highest BCUT2D eigenvalue weighted by atomic mass is 16.6. The third-order valence-electron chi connectivity index (χ3n) is 5.80. The molecule has 0 amide bonds. The number of benzene rings is 2. The molecular formula is C23H24O7. The van der Waals surface area contributed by atoms with Crippen LogP contribution in [0, 0.1) is 5.41 Å². The smallest absolute Gasteiger partial charge is 0.325 e. The lowest BCUT2D eigenvalue weighted by Crippen LogP contribution is -2.55. The van der Waals surface area contributed by atoms with Crippen molar-refractivity contribution in [3.63, 3.8) is 0 Å². The normalized spacial score (nSPS) is 19.2. The van der Waals surface area contributed by atoms with Crippen LogP contribution in [0.4, 0.5) is 0 Å². The highest BCUT2D eigenvalue weighted by Gasteiger charge is 2.65. The fourth-order valence-corrected chi connectivity index (χ4v) is 4.42. The summed E-state index contributed by atoms with van der Waals surface area (Å²) in [6.07, 6.45) is 0.334. The van der Waals surface area contributed by atoms with E-state index in [2.05, 4.69) is 0 Å². The largest absolute Gasteiger partial charge is 0.497 e. The molecule has 0 radical (unpaired) electrons. The molecule has 1 aliphatic carbocycles. The first-order valence-electron chi connectivity index (χ1n) is 9.42.